The van der Waals surface area contributed by atoms with Crippen LogP contribution in [0.2, 0.25) is 0 Å². The normalized spacial score (nSPS) is 11.3. The minimum atomic E-state index is -4.38. The molecule has 0 aliphatic heterocycles. The lowest BCUT2D eigenvalue weighted by atomic mass is 10.1. The van der Waals surface area contributed by atoms with Gasteiger partial charge in [-0.25, -0.2) is 0 Å². The van der Waals surface area contributed by atoms with Crippen LogP contribution in [0, 0.1) is 6.92 Å². The summed E-state index contributed by atoms with van der Waals surface area (Å²) in [4.78, 5) is 10.4. The average molecular weight is 248 g/mol. The number of ether oxygens (including phenoxy) is 1. The van der Waals surface area contributed by atoms with Crippen LogP contribution in [0.1, 0.15) is 11.1 Å². The standard InChI is InChI=1S/C11H11F3O3/c1-7-4-8(5-10(15)16)2-3-9(7)17-6-11(12,13)14/h2-4H,5-6H2,1H3,(H,15,16). The molecule has 6 heteroatoms. The molecule has 0 saturated carbocycles. The Labute approximate surface area is 95.8 Å². The highest BCUT2D eigenvalue weighted by Gasteiger charge is 2.28. The number of hydrogen-bond acceptors (Lipinski definition) is 2. The number of hydrogen-bond donors (Lipinski definition) is 1. The molecule has 1 N–H and O–H groups in total. The van der Waals surface area contributed by atoms with Crippen LogP contribution in [0.3, 0.4) is 0 Å². The zero-order valence-electron chi connectivity index (χ0n) is 9.04. The van der Waals surface area contributed by atoms with Gasteiger partial charge in [0.05, 0.1) is 6.42 Å². The van der Waals surface area contributed by atoms with Crippen LogP contribution in [0.5, 0.6) is 5.75 Å². The third-order valence-electron chi connectivity index (χ3n) is 1.99. The summed E-state index contributed by atoms with van der Waals surface area (Å²) in [7, 11) is 0. The molecule has 0 radical (unpaired) electrons. The quantitative estimate of drug-likeness (QED) is 0.890. The highest BCUT2D eigenvalue weighted by Crippen LogP contribution is 2.22. The van der Waals surface area contributed by atoms with Crippen molar-refractivity contribution < 1.29 is 27.8 Å². The second-order valence-electron chi connectivity index (χ2n) is 3.57. The summed E-state index contributed by atoms with van der Waals surface area (Å²) in [6, 6.07) is 4.28. The number of alkyl halides is 3. The van der Waals surface area contributed by atoms with E-state index >= 15 is 0 Å². The van der Waals surface area contributed by atoms with E-state index in [4.69, 9.17) is 5.11 Å². The predicted molar refractivity (Wildman–Crippen MR) is 54.1 cm³/mol. The largest absolute Gasteiger partial charge is 0.484 e. The van der Waals surface area contributed by atoms with Crippen molar-refractivity contribution in [2.75, 3.05) is 6.61 Å². The van der Waals surface area contributed by atoms with E-state index in [9.17, 15) is 18.0 Å². The lowest BCUT2D eigenvalue weighted by Gasteiger charge is -2.11. The molecule has 94 valence electrons. The van der Waals surface area contributed by atoms with Gasteiger partial charge in [-0.2, -0.15) is 13.2 Å². The molecule has 0 atom stereocenters. The van der Waals surface area contributed by atoms with Gasteiger partial charge >= 0.3 is 12.1 Å². The fourth-order valence-electron chi connectivity index (χ4n) is 1.32. The second kappa shape index (κ2) is 5.07. The summed E-state index contributed by atoms with van der Waals surface area (Å²) in [5.41, 5.74) is 1.00. The maximum Gasteiger partial charge on any atom is 0.422 e. The second-order valence-corrected chi connectivity index (χ2v) is 3.57. The third kappa shape index (κ3) is 4.76. The Morgan fingerprint density at radius 2 is 2.06 bits per heavy atom. The van der Waals surface area contributed by atoms with Crippen molar-refractivity contribution in [2.45, 2.75) is 19.5 Å². The highest BCUT2D eigenvalue weighted by atomic mass is 19.4. The Hall–Kier alpha value is -1.72. The number of carbonyl (C=O) groups is 1. The fraction of sp³-hybridized carbons (Fsp3) is 0.364. The maximum absolute atomic E-state index is 11.9. The van der Waals surface area contributed by atoms with Gasteiger partial charge in [-0.15, -0.1) is 0 Å². The molecule has 0 fully saturated rings. The summed E-state index contributed by atoms with van der Waals surface area (Å²) in [6.45, 7) is 0.211. The Kier molecular flexibility index (Phi) is 3.98. The Morgan fingerprint density at radius 1 is 1.41 bits per heavy atom. The van der Waals surface area contributed by atoms with E-state index < -0.39 is 18.8 Å². The van der Waals surface area contributed by atoms with Crippen LogP contribution < -0.4 is 4.74 Å². The third-order valence-corrected chi connectivity index (χ3v) is 1.99. The van der Waals surface area contributed by atoms with E-state index in [-0.39, 0.29) is 12.2 Å². The molecule has 0 saturated heterocycles. The van der Waals surface area contributed by atoms with Crippen molar-refractivity contribution in [3.8, 4) is 5.75 Å². The van der Waals surface area contributed by atoms with Gasteiger partial charge in [-0.3, -0.25) is 4.79 Å². The van der Waals surface area contributed by atoms with Gasteiger partial charge in [-0.1, -0.05) is 12.1 Å². The maximum atomic E-state index is 11.9. The molecule has 0 heterocycles. The van der Waals surface area contributed by atoms with Crippen molar-refractivity contribution in [1.82, 2.24) is 0 Å². The molecular weight excluding hydrogens is 237 g/mol. The summed E-state index contributed by atoms with van der Waals surface area (Å²) >= 11 is 0. The van der Waals surface area contributed by atoms with E-state index in [1.807, 2.05) is 0 Å². The smallest absolute Gasteiger partial charge is 0.422 e. The van der Waals surface area contributed by atoms with Crippen LogP contribution >= 0.6 is 0 Å². The predicted octanol–water partition coefficient (Wildman–Crippen LogP) is 2.56. The average Bonchev–Trinajstić information content (AvgIpc) is 2.13. The minimum absolute atomic E-state index is 0.108. The molecule has 0 aliphatic carbocycles. The number of benzene rings is 1. The molecule has 0 amide bonds. The Balaban J connectivity index is 2.73. The summed E-state index contributed by atoms with van der Waals surface area (Å²) in [5.74, 6) is -0.884. The van der Waals surface area contributed by atoms with Gasteiger partial charge in [-0.05, 0) is 24.1 Å². The van der Waals surface area contributed by atoms with E-state index in [1.54, 1.807) is 6.92 Å². The summed E-state index contributed by atoms with van der Waals surface area (Å²) in [6.07, 6.45) is -4.55. The van der Waals surface area contributed by atoms with Gasteiger partial charge in [0.1, 0.15) is 5.75 Å². The first-order valence-electron chi connectivity index (χ1n) is 4.79. The fourth-order valence-corrected chi connectivity index (χ4v) is 1.32. The number of carboxylic acid groups (broad SMARTS) is 1. The molecule has 0 bridgehead atoms. The van der Waals surface area contributed by atoms with Gasteiger partial charge < -0.3 is 9.84 Å². The molecule has 1 aromatic rings. The summed E-state index contributed by atoms with van der Waals surface area (Å²) < 4.78 is 40.4. The zero-order valence-corrected chi connectivity index (χ0v) is 9.04. The number of aryl methyl sites for hydroxylation is 1. The first-order valence-corrected chi connectivity index (χ1v) is 4.79. The van der Waals surface area contributed by atoms with Crippen molar-refractivity contribution in [2.24, 2.45) is 0 Å². The SMILES string of the molecule is Cc1cc(CC(=O)O)ccc1OCC(F)(F)F. The van der Waals surface area contributed by atoms with Crippen LogP contribution in [0.25, 0.3) is 0 Å². The molecule has 0 aliphatic rings. The van der Waals surface area contributed by atoms with Crippen molar-refractivity contribution >= 4 is 5.97 Å². The topological polar surface area (TPSA) is 46.5 Å². The van der Waals surface area contributed by atoms with E-state index in [0.29, 0.717) is 11.1 Å². The molecular formula is C11H11F3O3. The molecule has 1 aromatic carbocycles. The first kappa shape index (κ1) is 13.3. The lowest BCUT2D eigenvalue weighted by molar-refractivity contribution is -0.153. The highest BCUT2D eigenvalue weighted by molar-refractivity contribution is 5.70. The van der Waals surface area contributed by atoms with Crippen molar-refractivity contribution in [1.29, 1.82) is 0 Å². The van der Waals surface area contributed by atoms with E-state index in [0.717, 1.165) is 0 Å². The van der Waals surface area contributed by atoms with Gasteiger partial charge in [0.25, 0.3) is 0 Å². The number of aliphatic carboxylic acids is 1. The van der Waals surface area contributed by atoms with Crippen LogP contribution in [0.15, 0.2) is 18.2 Å². The van der Waals surface area contributed by atoms with Crippen LogP contribution in [0.4, 0.5) is 13.2 Å². The lowest BCUT2D eigenvalue weighted by Crippen LogP contribution is -2.19. The van der Waals surface area contributed by atoms with E-state index in [1.165, 1.54) is 18.2 Å². The molecule has 0 unspecified atom stereocenters. The van der Waals surface area contributed by atoms with Gasteiger partial charge in [0, 0.05) is 0 Å². The van der Waals surface area contributed by atoms with E-state index in [2.05, 4.69) is 4.74 Å². The molecule has 3 nitrogen and oxygen atoms in total. The summed E-state index contributed by atoms with van der Waals surface area (Å²) in [5, 5.41) is 8.56. The van der Waals surface area contributed by atoms with Crippen LogP contribution in [-0.2, 0) is 11.2 Å². The molecule has 1 rings (SSSR count). The molecule has 17 heavy (non-hydrogen) atoms. The van der Waals surface area contributed by atoms with Crippen LogP contribution in [-0.4, -0.2) is 23.9 Å². The zero-order chi connectivity index (χ0) is 13.1. The van der Waals surface area contributed by atoms with Crippen molar-refractivity contribution in [3.63, 3.8) is 0 Å². The molecule has 0 spiro atoms. The number of halogens is 3. The van der Waals surface area contributed by atoms with Gasteiger partial charge in [0.2, 0.25) is 0 Å². The minimum Gasteiger partial charge on any atom is -0.484 e. The van der Waals surface area contributed by atoms with Gasteiger partial charge in [0.15, 0.2) is 6.61 Å². The van der Waals surface area contributed by atoms with Crippen molar-refractivity contribution in [3.05, 3.63) is 29.3 Å². The first-order chi connectivity index (χ1) is 7.78. The monoisotopic (exact) mass is 248 g/mol. The Morgan fingerprint density at radius 3 is 2.53 bits per heavy atom. The Bertz CT molecular complexity index is 413. The molecule has 0 aromatic heterocycles. The number of rotatable bonds is 4. The number of carboxylic acids is 1.